The first-order valence-electron chi connectivity index (χ1n) is 9.40. The lowest BCUT2D eigenvalue weighted by Gasteiger charge is -2.20. The normalized spacial score (nSPS) is 15.7. The average molecular weight is 350 g/mol. The highest BCUT2D eigenvalue weighted by Gasteiger charge is 2.22. The minimum absolute atomic E-state index is 0.0531. The number of carbonyl (C=O) groups excluding carboxylic acids is 1. The molecule has 0 radical (unpaired) electrons. The summed E-state index contributed by atoms with van der Waals surface area (Å²) in [6, 6.07) is 10.4. The van der Waals surface area contributed by atoms with E-state index in [2.05, 4.69) is 26.7 Å². The van der Waals surface area contributed by atoms with Gasteiger partial charge in [-0.3, -0.25) is 9.48 Å². The number of amides is 1. The second kappa shape index (κ2) is 6.31. The molecule has 1 amide bonds. The van der Waals surface area contributed by atoms with Gasteiger partial charge in [0, 0.05) is 17.9 Å². The smallest absolute Gasteiger partial charge is 0.253 e. The fourth-order valence-electron chi connectivity index (χ4n) is 3.79. The van der Waals surface area contributed by atoms with Crippen LogP contribution < -0.4 is 5.32 Å². The largest absolute Gasteiger partial charge is 0.347 e. The molecule has 0 atom stereocenters. The molecule has 1 fully saturated rings. The Hall–Kier alpha value is -2.56. The van der Waals surface area contributed by atoms with Crippen LogP contribution in [0.25, 0.3) is 16.9 Å². The van der Waals surface area contributed by atoms with Gasteiger partial charge in [-0.1, -0.05) is 18.9 Å². The second-order valence-electron chi connectivity index (χ2n) is 8.22. The third kappa shape index (κ3) is 3.14. The zero-order valence-electron chi connectivity index (χ0n) is 15.7. The lowest BCUT2D eigenvalue weighted by molar-refractivity contribution is 0.0921. The predicted molar refractivity (Wildman–Crippen MR) is 103 cm³/mol. The number of nitrogens with one attached hydrogen (secondary N) is 1. The number of rotatable bonds is 3. The molecule has 0 spiro atoms. The minimum Gasteiger partial charge on any atom is -0.347 e. The molecular weight excluding hydrogens is 324 g/mol. The van der Waals surface area contributed by atoms with E-state index in [1.165, 1.54) is 25.7 Å². The fourth-order valence-corrected chi connectivity index (χ4v) is 3.79. The number of nitrogens with zero attached hydrogens (tertiary/aromatic N) is 3. The monoisotopic (exact) mass is 350 g/mol. The molecule has 5 heteroatoms. The second-order valence-corrected chi connectivity index (χ2v) is 8.22. The van der Waals surface area contributed by atoms with E-state index in [0.717, 1.165) is 16.9 Å². The van der Waals surface area contributed by atoms with Crippen molar-refractivity contribution in [3.63, 3.8) is 0 Å². The van der Waals surface area contributed by atoms with E-state index in [1.807, 2.05) is 51.2 Å². The number of hydrogen-bond donors (Lipinski definition) is 1. The Morgan fingerprint density at radius 2 is 1.92 bits per heavy atom. The van der Waals surface area contributed by atoms with E-state index in [-0.39, 0.29) is 11.4 Å². The lowest BCUT2D eigenvalue weighted by Crippen LogP contribution is -2.40. The Labute approximate surface area is 154 Å². The molecule has 3 aromatic heterocycles. The number of hydrogen-bond acceptors (Lipinski definition) is 2. The molecule has 0 aromatic carbocycles. The van der Waals surface area contributed by atoms with Gasteiger partial charge in [-0.15, -0.1) is 0 Å². The molecule has 1 saturated carbocycles. The predicted octanol–water partition coefficient (Wildman–Crippen LogP) is 4.45. The molecule has 0 unspecified atom stereocenters. The summed E-state index contributed by atoms with van der Waals surface area (Å²) in [7, 11) is 0. The Kier molecular flexibility index (Phi) is 4.10. The molecule has 0 aliphatic heterocycles. The third-order valence-electron chi connectivity index (χ3n) is 4.98. The van der Waals surface area contributed by atoms with Crippen LogP contribution in [-0.4, -0.2) is 25.6 Å². The van der Waals surface area contributed by atoms with Gasteiger partial charge in [0.05, 0.1) is 22.8 Å². The van der Waals surface area contributed by atoms with Gasteiger partial charge in [0.1, 0.15) is 5.69 Å². The van der Waals surface area contributed by atoms with Crippen molar-refractivity contribution in [1.82, 2.24) is 19.5 Å². The van der Waals surface area contributed by atoms with Crippen molar-refractivity contribution in [3.8, 4) is 11.4 Å². The summed E-state index contributed by atoms with van der Waals surface area (Å²) < 4.78 is 4.15. The van der Waals surface area contributed by atoms with Crippen molar-refractivity contribution in [2.75, 3.05) is 0 Å². The average Bonchev–Trinajstić information content (AvgIpc) is 3.31. The Balaban J connectivity index is 1.75. The summed E-state index contributed by atoms with van der Waals surface area (Å²) in [5, 5.41) is 7.89. The van der Waals surface area contributed by atoms with Crippen LogP contribution in [-0.2, 0) is 0 Å². The number of fused-ring (bicyclic) bond motifs is 1. The van der Waals surface area contributed by atoms with E-state index in [4.69, 9.17) is 5.10 Å². The first-order valence-corrected chi connectivity index (χ1v) is 9.40. The molecule has 1 N–H and O–H groups in total. The molecular formula is C21H26N4O. The quantitative estimate of drug-likeness (QED) is 0.759. The summed E-state index contributed by atoms with van der Waals surface area (Å²) >= 11 is 0. The molecule has 4 rings (SSSR count). The topological polar surface area (TPSA) is 51.3 Å². The van der Waals surface area contributed by atoms with Gasteiger partial charge in [0.15, 0.2) is 0 Å². The van der Waals surface area contributed by atoms with Crippen molar-refractivity contribution in [1.29, 1.82) is 0 Å². The van der Waals surface area contributed by atoms with Crippen LogP contribution in [0.5, 0.6) is 0 Å². The highest BCUT2D eigenvalue weighted by Crippen LogP contribution is 2.31. The van der Waals surface area contributed by atoms with Gasteiger partial charge in [0.25, 0.3) is 5.91 Å². The lowest BCUT2D eigenvalue weighted by atomic mass is 10.1. The van der Waals surface area contributed by atoms with Gasteiger partial charge in [-0.05, 0) is 57.9 Å². The van der Waals surface area contributed by atoms with Gasteiger partial charge in [-0.25, -0.2) is 0 Å². The van der Waals surface area contributed by atoms with Gasteiger partial charge >= 0.3 is 0 Å². The van der Waals surface area contributed by atoms with E-state index in [0.29, 0.717) is 11.6 Å². The first kappa shape index (κ1) is 16.9. The highest BCUT2D eigenvalue weighted by atomic mass is 16.1. The van der Waals surface area contributed by atoms with Gasteiger partial charge in [0.2, 0.25) is 0 Å². The van der Waals surface area contributed by atoms with Crippen LogP contribution >= 0.6 is 0 Å². The molecule has 5 nitrogen and oxygen atoms in total. The molecule has 3 heterocycles. The Morgan fingerprint density at radius 1 is 1.15 bits per heavy atom. The van der Waals surface area contributed by atoms with Crippen molar-refractivity contribution < 1.29 is 4.79 Å². The molecule has 0 bridgehead atoms. The molecule has 136 valence electrons. The molecule has 26 heavy (non-hydrogen) atoms. The van der Waals surface area contributed by atoms with Crippen molar-refractivity contribution in [2.24, 2.45) is 0 Å². The Bertz CT molecular complexity index is 938. The summed E-state index contributed by atoms with van der Waals surface area (Å²) in [6.07, 6.45) is 9.04. The zero-order valence-corrected chi connectivity index (χ0v) is 15.7. The van der Waals surface area contributed by atoms with E-state index < -0.39 is 0 Å². The molecule has 1 aliphatic carbocycles. The van der Waals surface area contributed by atoms with E-state index in [9.17, 15) is 4.79 Å². The van der Waals surface area contributed by atoms with Crippen molar-refractivity contribution in [2.45, 2.75) is 58.0 Å². The number of pyridine rings is 1. The molecule has 0 saturated heterocycles. The van der Waals surface area contributed by atoms with Crippen molar-refractivity contribution in [3.05, 3.63) is 48.3 Å². The van der Waals surface area contributed by atoms with Crippen LogP contribution in [0.1, 0.15) is 62.9 Å². The van der Waals surface area contributed by atoms with Gasteiger partial charge < -0.3 is 9.72 Å². The summed E-state index contributed by atoms with van der Waals surface area (Å²) in [6.45, 7) is 5.98. The van der Waals surface area contributed by atoms with Crippen LogP contribution in [0.4, 0.5) is 0 Å². The van der Waals surface area contributed by atoms with Crippen LogP contribution in [0.2, 0.25) is 0 Å². The summed E-state index contributed by atoms with van der Waals surface area (Å²) in [4.78, 5) is 12.8. The standard InChI is InChI=1S/C21H26N4O/c1-21(2,3)22-20(26)16-14-19(24-12-7-6-10-18(16)24)17-11-13-25(23-17)15-8-4-5-9-15/h6-7,10-15H,4-5,8-9H2,1-3H3,(H,22,26). The molecule has 1 aliphatic rings. The third-order valence-corrected chi connectivity index (χ3v) is 4.98. The van der Waals surface area contributed by atoms with Crippen LogP contribution in [0.3, 0.4) is 0 Å². The highest BCUT2D eigenvalue weighted by molar-refractivity contribution is 6.03. The van der Waals surface area contributed by atoms with E-state index >= 15 is 0 Å². The van der Waals surface area contributed by atoms with Gasteiger partial charge in [-0.2, -0.15) is 5.10 Å². The van der Waals surface area contributed by atoms with E-state index in [1.54, 1.807) is 0 Å². The summed E-state index contributed by atoms with van der Waals surface area (Å²) in [5.74, 6) is -0.0531. The SMILES string of the molecule is CC(C)(C)NC(=O)c1cc(-c2ccn(C3CCCC3)n2)n2ccccc12. The zero-order chi connectivity index (χ0) is 18.3. The van der Waals surface area contributed by atoms with Crippen LogP contribution in [0.15, 0.2) is 42.7 Å². The number of aromatic nitrogens is 3. The minimum atomic E-state index is -0.273. The summed E-state index contributed by atoms with van der Waals surface area (Å²) in [5.41, 5.74) is 3.18. The maximum absolute atomic E-state index is 12.8. The maximum Gasteiger partial charge on any atom is 0.253 e. The number of carbonyl (C=O) groups is 1. The first-order chi connectivity index (χ1) is 12.4. The maximum atomic E-state index is 12.8. The van der Waals surface area contributed by atoms with Crippen molar-refractivity contribution >= 4 is 11.4 Å². The van der Waals surface area contributed by atoms with Crippen LogP contribution in [0, 0.1) is 0 Å². The molecule has 3 aromatic rings. The fraction of sp³-hybridized carbons (Fsp3) is 0.429. The Morgan fingerprint density at radius 3 is 2.65 bits per heavy atom.